The van der Waals surface area contributed by atoms with Crippen LogP contribution in [0.1, 0.15) is 11.1 Å². The van der Waals surface area contributed by atoms with E-state index in [9.17, 15) is 0 Å². The molecule has 0 aliphatic carbocycles. The Balaban J connectivity index is 2.53. The van der Waals surface area contributed by atoms with Gasteiger partial charge in [-0.3, -0.25) is 0 Å². The average molecular weight is 193 g/mol. The van der Waals surface area contributed by atoms with Gasteiger partial charge in [-0.05, 0) is 29.2 Å². The van der Waals surface area contributed by atoms with E-state index < -0.39 is 0 Å². The van der Waals surface area contributed by atoms with E-state index in [1.165, 1.54) is 11.1 Å². The minimum absolute atomic E-state index is 1.04. The van der Waals surface area contributed by atoms with Crippen LogP contribution in [-0.2, 0) is 0 Å². The van der Waals surface area contributed by atoms with Crippen molar-refractivity contribution < 1.29 is 0 Å². The molecular formula is C15H13. The summed E-state index contributed by atoms with van der Waals surface area (Å²) in [5, 5.41) is 0. The summed E-state index contributed by atoms with van der Waals surface area (Å²) in [5.41, 5.74) is 4.62. The average Bonchev–Trinajstić information content (AvgIpc) is 2.30. The molecule has 0 heteroatoms. The molecule has 0 N–H and O–H groups in total. The van der Waals surface area contributed by atoms with Gasteiger partial charge in [0, 0.05) is 0 Å². The van der Waals surface area contributed by atoms with Crippen molar-refractivity contribution in [3.8, 4) is 11.1 Å². The minimum atomic E-state index is 1.04. The van der Waals surface area contributed by atoms with Crippen molar-refractivity contribution in [1.82, 2.24) is 0 Å². The van der Waals surface area contributed by atoms with Gasteiger partial charge in [-0.15, -0.1) is 0 Å². The maximum absolute atomic E-state index is 3.88. The van der Waals surface area contributed by atoms with Gasteiger partial charge in [0.25, 0.3) is 0 Å². The van der Waals surface area contributed by atoms with Gasteiger partial charge in [0.05, 0.1) is 0 Å². The fourth-order valence-corrected chi connectivity index (χ4v) is 1.62. The van der Waals surface area contributed by atoms with Crippen LogP contribution >= 0.6 is 0 Å². The predicted molar refractivity (Wildman–Crippen MR) is 66.4 cm³/mol. The maximum Gasteiger partial charge on any atom is -0.0112 e. The Hall–Kier alpha value is -1.82. The summed E-state index contributed by atoms with van der Waals surface area (Å²) in [6.45, 7) is 7.70. The molecular weight excluding hydrogens is 180 g/mol. The van der Waals surface area contributed by atoms with Gasteiger partial charge >= 0.3 is 0 Å². The number of benzene rings is 2. The lowest BCUT2D eigenvalue weighted by atomic mass is 9.99. The van der Waals surface area contributed by atoms with E-state index in [-0.39, 0.29) is 0 Å². The van der Waals surface area contributed by atoms with Crippen LogP contribution in [0.4, 0.5) is 0 Å². The molecule has 0 saturated heterocycles. The van der Waals surface area contributed by atoms with E-state index in [1.807, 2.05) is 30.3 Å². The molecule has 73 valence electrons. The zero-order valence-corrected chi connectivity index (χ0v) is 8.61. The molecule has 15 heavy (non-hydrogen) atoms. The molecule has 0 bridgehead atoms. The quantitative estimate of drug-likeness (QED) is 0.671. The molecule has 2 aromatic carbocycles. The summed E-state index contributed by atoms with van der Waals surface area (Å²) in [4.78, 5) is 0. The standard InChI is InChI=1S/C15H13/c1-3-13-6-4-5-7-15(13)14-10-8-12(2)9-11-14/h3-11H,1-2H2. The van der Waals surface area contributed by atoms with E-state index in [0.717, 1.165) is 11.1 Å². The van der Waals surface area contributed by atoms with Gasteiger partial charge in [-0.1, -0.05) is 61.2 Å². The Bertz CT molecular complexity index is 464. The van der Waals surface area contributed by atoms with Crippen LogP contribution in [0, 0.1) is 6.92 Å². The van der Waals surface area contributed by atoms with E-state index in [0.29, 0.717) is 0 Å². The number of hydrogen-bond donors (Lipinski definition) is 0. The fourth-order valence-electron chi connectivity index (χ4n) is 1.62. The zero-order chi connectivity index (χ0) is 10.7. The lowest BCUT2D eigenvalue weighted by Crippen LogP contribution is -1.82. The summed E-state index contributed by atoms with van der Waals surface area (Å²) in [7, 11) is 0. The van der Waals surface area contributed by atoms with Crippen molar-refractivity contribution in [3.63, 3.8) is 0 Å². The van der Waals surface area contributed by atoms with Crippen molar-refractivity contribution in [2.24, 2.45) is 0 Å². The van der Waals surface area contributed by atoms with Crippen LogP contribution in [-0.4, -0.2) is 0 Å². The number of hydrogen-bond acceptors (Lipinski definition) is 0. The second kappa shape index (κ2) is 4.14. The molecule has 0 aliphatic heterocycles. The highest BCUT2D eigenvalue weighted by Gasteiger charge is 2.00. The second-order valence-electron chi connectivity index (χ2n) is 3.49. The predicted octanol–water partition coefficient (Wildman–Crippen LogP) is 4.18. The molecule has 0 aromatic heterocycles. The third kappa shape index (κ3) is 1.99. The smallest absolute Gasteiger partial charge is 0.0112 e. The van der Waals surface area contributed by atoms with Crippen LogP contribution in [0.25, 0.3) is 17.2 Å². The zero-order valence-electron chi connectivity index (χ0n) is 8.61. The lowest BCUT2D eigenvalue weighted by molar-refractivity contribution is 1.56. The Morgan fingerprint density at radius 2 is 1.53 bits per heavy atom. The molecule has 2 aromatic rings. The van der Waals surface area contributed by atoms with Gasteiger partial charge in [0.15, 0.2) is 0 Å². The van der Waals surface area contributed by atoms with E-state index in [4.69, 9.17) is 0 Å². The summed E-state index contributed by atoms with van der Waals surface area (Å²) < 4.78 is 0. The maximum atomic E-state index is 3.88. The van der Waals surface area contributed by atoms with Gasteiger partial charge in [-0.2, -0.15) is 0 Å². The fraction of sp³-hybridized carbons (Fsp3) is 0. The molecule has 0 unspecified atom stereocenters. The molecule has 0 amide bonds. The topological polar surface area (TPSA) is 0 Å². The molecule has 0 aliphatic rings. The van der Waals surface area contributed by atoms with Crippen molar-refractivity contribution in [2.45, 2.75) is 0 Å². The lowest BCUT2D eigenvalue weighted by Gasteiger charge is -2.06. The van der Waals surface area contributed by atoms with Crippen LogP contribution < -0.4 is 0 Å². The van der Waals surface area contributed by atoms with E-state index >= 15 is 0 Å². The molecule has 0 saturated carbocycles. The highest BCUT2D eigenvalue weighted by molar-refractivity contribution is 5.74. The first-order valence-electron chi connectivity index (χ1n) is 4.95. The van der Waals surface area contributed by atoms with Crippen LogP contribution in [0.3, 0.4) is 0 Å². The molecule has 0 fully saturated rings. The van der Waals surface area contributed by atoms with Crippen molar-refractivity contribution in [3.05, 3.63) is 73.2 Å². The van der Waals surface area contributed by atoms with E-state index in [2.05, 4.69) is 37.8 Å². The molecule has 0 nitrogen and oxygen atoms in total. The Kier molecular flexibility index (Phi) is 2.68. The molecule has 0 heterocycles. The van der Waals surface area contributed by atoms with Gasteiger partial charge in [0.2, 0.25) is 0 Å². The highest BCUT2D eigenvalue weighted by Crippen LogP contribution is 2.24. The van der Waals surface area contributed by atoms with Gasteiger partial charge < -0.3 is 0 Å². The third-order valence-electron chi connectivity index (χ3n) is 2.45. The molecule has 0 spiro atoms. The molecule has 0 atom stereocenters. The third-order valence-corrected chi connectivity index (χ3v) is 2.45. The van der Waals surface area contributed by atoms with Crippen molar-refractivity contribution >= 4 is 6.08 Å². The van der Waals surface area contributed by atoms with Crippen LogP contribution in [0.2, 0.25) is 0 Å². The SMILES string of the molecule is [CH2]c1ccc(-c2ccccc2C=C)cc1. The normalized spacial score (nSPS) is 9.93. The van der Waals surface area contributed by atoms with Crippen LogP contribution in [0.15, 0.2) is 55.1 Å². The summed E-state index contributed by atoms with van der Waals surface area (Å²) in [6.07, 6.45) is 1.88. The summed E-state index contributed by atoms with van der Waals surface area (Å²) in [6, 6.07) is 16.5. The Labute approximate surface area is 90.9 Å². The second-order valence-corrected chi connectivity index (χ2v) is 3.49. The van der Waals surface area contributed by atoms with Crippen molar-refractivity contribution in [2.75, 3.05) is 0 Å². The van der Waals surface area contributed by atoms with Gasteiger partial charge in [-0.25, -0.2) is 0 Å². The minimum Gasteiger partial charge on any atom is -0.0984 e. The first-order chi connectivity index (χ1) is 7.31. The first kappa shape index (κ1) is 9.72. The van der Waals surface area contributed by atoms with Crippen molar-refractivity contribution in [1.29, 1.82) is 0 Å². The highest BCUT2D eigenvalue weighted by atomic mass is 14.0. The monoisotopic (exact) mass is 193 g/mol. The summed E-state index contributed by atoms with van der Waals surface area (Å²) >= 11 is 0. The largest absolute Gasteiger partial charge is 0.0984 e. The van der Waals surface area contributed by atoms with Crippen LogP contribution in [0.5, 0.6) is 0 Å². The number of rotatable bonds is 2. The van der Waals surface area contributed by atoms with E-state index in [1.54, 1.807) is 0 Å². The first-order valence-corrected chi connectivity index (χ1v) is 4.95. The molecule has 1 radical (unpaired) electrons. The van der Waals surface area contributed by atoms with Gasteiger partial charge in [0.1, 0.15) is 0 Å². The Morgan fingerprint density at radius 1 is 0.867 bits per heavy atom. The summed E-state index contributed by atoms with van der Waals surface area (Å²) in [5.74, 6) is 0. The Morgan fingerprint density at radius 3 is 2.20 bits per heavy atom. The molecule has 2 rings (SSSR count).